The second-order valence-electron chi connectivity index (χ2n) is 27.5. The molecule has 97 heavy (non-hydrogen) atoms. The second-order valence-corrected chi connectivity index (χ2v) is 27.5. The van der Waals surface area contributed by atoms with Gasteiger partial charge in [-0.05, 0) is 287 Å². The SMILES string of the molecule is C=c1c(C)cc(=Cc2ccc(C)cc2)cc1C.C=c1ccc2c(c1)Cc1cc(C)ccc1C=2.C=c1ccc2c(c1)Cc1cc(C)ccc1C=2.C=c1ccc2c(c1)Cc1cc(C)ccc1C=2.C=c1ccc2c(c1)Cc1cc(C)ccc1C=2.C=c1ccc2c(c1)Cc1cc(C)ccc1C=2. The van der Waals surface area contributed by atoms with Crippen LogP contribution in [-0.4, -0.2) is 0 Å². The Kier molecular flexibility index (Phi) is 19.7. The van der Waals surface area contributed by atoms with Crippen LogP contribution in [0.15, 0.2) is 218 Å². The van der Waals surface area contributed by atoms with Crippen molar-refractivity contribution in [3.63, 3.8) is 0 Å². The number of fused-ring (bicyclic) bond motifs is 10. The molecule has 0 N–H and O–H groups in total. The van der Waals surface area contributed by atoms with Crippen LogP contribution in [-0.2, 0) is 32.1 Å². The third kappa shape index (κ3) is 16.4. The predicted octanol–water partition coefficient (Wildman–Crippen LogP) is 13.5. The van der Waals surface area contributed by atoms with Crippen LogP contribution in [0.1, 0.15) is 134 Å². The molecule has 0 unspecified atom stereocenters. The first-order valence-electron chi connectivity index (χ1n) is 34.0. The molecule has 12 aromatic carbocycles. The summed E-state index contributed by atoms with van der Waals surface area (Å²) >= 11 is 0. The lowest BCUT2D eigenvalue weighted by Gasteiger charge is -2.14. The highest BCUT2D eigenvalue weighted by atomic mass is 14.2. The molecule has 0 aromatic heterocycles. The van der Waals surface area contributed by atoms with Crippen molar-refractivity contribution in [3.8, 4) is 0 Å². The van der Waals surface area contributed by atoms with E-state index in [4.69, 9.17) is 0 Å². The lowest BCUT2D eigenvalue weighted by atomic mass is 9.91. The topological polar surface area (TPSA) is 0 Å². The number of benzene rings is 12. The van der Waals surface area contributed by atoms with E-state index in [-0.39, 0.29) is 0 Å². The summed E-state index contributed by atoms with van der Waals surface area (Å²) in [6, 6.07) is 78.5. The van der Waals surface area contributed by atoms with Gasteiger partial charge in [-0.1, -0.05) is 291 Å². The van der Waals surface area contributed by atoms with Gasteiger partial charge < -0.3 is 0 Å². The first-order chi connectivity index (χ1) is 46.7. The maximum atomic E-state index is 4.07. The van der Waals surface area contributed by atoms with Crippen LogP contribution in [0.25, 0.3) is 75.9 Å². The van der Waals surface area contributed by atoms with Gasteiger partial charge in [0.15, 0.2) is 0 Å². The molecule has 17 rings (SSSR count). The Balaban J connectivity index is 0.000000111. The van der Waals surface area contributed by atoms with Gasteiger partial charge in [-0.3, -0.25) is 0 Å². The fourth-order valence-electron chi connectivity index (χ4n) is 13.7. The minimum absolute atomic E-state index is 1.03. The predicted molar refractivity (Wildman–Crippen MR) is 419 cm³/mol. The van der Waals surface area contributed by atoms with Gasteiger partial charge >= 0.3 is 0 Å². The maximum Gasteiger partial charge on any atom is -0.00136 e. The number of hydrogen-bond donors (Lipinski definition) is 0. The van der Waals surface area contributed by atoms with Gasteiger partial charge in [-0.2, -0.15) is 0 Å². The highest BCUT2D eigenvalue weighted by Crippen LogP contribution is 2.23. The minimum atomic E-state index is 1.03. The highest BCUT2D eigenvalue weighted by molar-refractivity contribution is 5.65. The van der Waals surface area contributed by atoms with E-state index in [0.29, 0.717) is 0 Å². The van der Waals surface area contributed by atoms with E-state index in [2.05, 4.69) is 350 Å². The van der Waals surface area contributed by atoms with Crippen molar-refractivity contribution in [1.82, 2.24) is 0 Å². The Morgan fingerprint density at radius 1 is 0.227 bits per heavy atom. The van der Waals surface area contributed by atoms with Gasteiger partial charge in [0, 0.05) is 0 Å². The molecule has 0 saturated heterocycles. The molecule has 0 heterocycles. The van der Waals surface area contributed by atoms with E-state index < -0.39 is 0 Å². The monoisotopic (exact) mass is 1250 g/mol. The summed E-state index contributed by atoms with van der Waals surface area (Å²) < 4.78 is 0. The van der Waals surface area contributed by atoms with Crippen molar-refractivity contribution in [3.05, 3.63) is 415 Å². The van der Waals surface area contributed by atoms with Crippen LogP contribution in [0.3, 0.4) is 0 Å². The van der Waals surface area contributed by atoms with Crippen LogP contribution in [0.4, 0.5) is 0 Å². The fraction of sp³-hybridized carbons (Fsp3) is 0.134. The van der Waals surface area contributed by atoms with E-state index in [1.165, 1.54) is 165 Å². The van der Waals surface area contributed by atoms with E-state index in [1.54, 1.807) is 0 Å². The summed E-state index contributed by atoms with van der Waals surface area (Å²) in [5, 5.41) is 14.6. The summed E-state index contributed by atoms with van der Waals surface area (Å²) in [4.78, 5) is 0. The quantitative estimate of drug-likeness (QED) is 0.154. The normalized spacial score (nSPS) is 12.2. The van der Waals surface area contributed by atoms with E-state index in [0.717, 1.165) is 63.4 Å². The van der Waals surface area contributed by atoms with Crippen molar-refractivity contribution < 1.29 is 0 Å². The van der Waals surface area contributed by atoms with Gasteiger partial charge in [0.1, 0.15) is 0 Å². The Morgan fingerprint density at radius 2 is 0.454 bits per heavy atom. The molecule has 0 aliphatic heterocycles. The average Bonchev–Trinajstić information content (AvgIpc) is 0.860. The van der Waals surface area contributed by atoms with Crippen LogP contribution in [0.2, 0.25) is 0 Å². The molecule has 0 saturated carbocycles. The second kappa shape index (κ2) is 29.0. The zero-order valence-corrected chi connectivity index (χ0v) is 58.0. The minimum Gasteiger partial charge on any atom is -0.0918 e. The molecule has 0 atom stereocenters. The van der Waals surface area contributed by atoms with E-state index in [9.17, 15) is 0 Å². The molecular weight excluding hydrogens is 1170 g/mol. The Labute approximate surface area is 574 Å². The molecule has 5 aliphatic carbocycles. The van der Waals surface area contributed by atoms with Crippen molar-refractivity contribution in [2.75, 3.05) is 0 Å². The van der Waals surface area contributed by atoms with Gasteiger partial charge in [0.05, 0.1) is 0 Å². The smallest absolute Gasteiger partial charge is 0.00136 e. The summed E-state index contributed by atoms with van der Waals surface area (Å²) in [6.45, 7) is 41.1. The van der Waals surface area contributed by atoms with Crippen LogP contribution in [0, 0.1) is 55.4 Å². The molecule has 0 fully saturated rings. The van der Waals surface area contributed by atoms with Crippen molar-refractivity contribution in [2.45, 2.75) is 87.5 Å². The first-order valence-corrected chi connectivity index (χ1v) is 34.0. The third-order valence-electron chi connectivity index (χ3n) is 19.1. The summed E-state index contributed by atoms with van der Waals surface area (Å²) in [5.41, 5.74) is 32.6. The standard InChI is InChI=1S/C17H18.5C16H14/c1-12-5-7-16(8-6-12)11-17-9-13(2)15(4)14(3)10-17;5*1-11-3-5-13-9-14-6-4-12(2)8-16(14)10-15(13)7-11/h5-11H,4H2,1-3H3;5*3-9H,1,10H2,2H3. The van der Waals surface area contributed by atoms with Gasteiger partial charge in [0.2, 0.25) is 0 Å². The van der Waals surface area contributed by atoms with E-state index in [1.807, 2.05) is 0 Å². The van der Waals surface area contributed by atoms with Crippen LogP contribution in [0.5, 0.6) is 0 Å². The van der Waals surface area contributed by atoms with Gasteiger partial charge in [0.25, 0.3) is 0 Å². The first kappa shape index (κ1) is 66.1. The maximum absolute atomic E-state index is 4.07. The van der Waals surface area contributed by atoms with Gasteiger partial charge in [-0.15, -0.1) is 0 Å². The summed E-state index contributed by atoms with van der Waals surface area (Å²) in [7, 11) is 0. The van der Waals surface area contributed by atoms with Crippen LogP contribution < -0.4 is 62.6 Å². The zero-order valence-electron chi connectivity index (χ0n) is 58.0. The fourth-order valence-corrected chi connectivity index (χ4v) is 13.7. The molecule has 5 aliphatic rings. The van der Waals surface area contributed by atoms with Crippen molar-refractivity contribution >= 4 is 75.9 Å². The van der Waals surface area contributed by atoms with E-state index >= 15 is 0 Å². The van der Waals surface area contributed by atoms with Crippen LogP contribution >= 0.6 is 0 Å². The third-order valence-corrected chi connectivity index (χ3v) is 19.1. The molecule has 0 amide bonds. The lowest BCUT2D eigenvalue weighted by molar-refractivity contribution is 1.13. The van der Waals surface area contributed by atoms with Gasteiger partial charge in [-0.25, -0.2) is 0 Å². The highest BCUT2D eigenvalue weighted by Gasteiger charge is 2.14. The summed E-state index contributed by atoms with van der Waals surface area (Å²) in [6.07, 6.45) is 18.7. The molecular formula is C97H88. The Morgan fingerprint density at radius 3 is 0.691 bits per heavy atom. The summed E-state index contributed by atoms with van der Waals surface area (Å²) in [5.74, 6) is 0. The Bertz CT molecular complexity index is 5090. The number of hydrogen-bond acceptors (Lipinski definition) is 0. The van der Waals surface area contributed by atoms with Crippen molar-refractivity contribution in [2.24, 2.45) is 0 Å². The Hall–Kier alpha value is -10.9. The zero-order chi connectivity index (χ0) is 68.0. The number of aryl methyl sites for hydroxylation is 8. The largest absolute Gasteiger partial charge is 0.0918 e. The molecule has 0 radical (unpaired) electrons. The lowest BCUT2D eigenvalue weighted by Crippen LogP contribution is -2.18. The molecule has 0 nitrogen and oxygen atoms in total. The number of rotatable bonds is 1. The van der Waals surface area contributed by atoms with Crippen molar-refractivity contribution in [1.29, 1.82) is 0 Å². The molecule has 0 bridgehead atoms. The molecule has 0 heteroatoms. The molecule has 476 valence electrons. The molecule has 12 aromatic rings. The average molecular weight is 1250 g/mol. The molecule has 0 spiro atoms.